The van der Waals surface area contributed by atoms with Gasteiger partial charge in [0.15, 0.2) is 0 Å². The van der Waals surface area contributed by atoms with Gasteiger partial charge in [0.2, 0.25) is 10.0 Å². The summed E-state index contributed by atoms with van der Waals surface area (Å²) in [5.41, 5.74) is 5.96. The summed E-state index contributed by atoms with van der Waals surface area (Å²) < 4.78 is 26.9. The minimum Gasteiger partial charge on any atom is -0.398 e. The summed E-state index contributed by atoms with van der Waals surface area (Å²) in [6.07, 6.45) is 0.712. The third kappa shape index (κ3) is 3.67. The van der Waals surface area contributed by atoms with E-state index >= 15 is 0 Å². The predicted octanol–water partition coefficient (Wildman–Crippen LogP) is 0.611. The molecular formula is C13H20ClN3O3S. The van der Waals surface area contributed by atoms with Gasteiger partial charge >= 0.3 is 0 Å². The van der Waals surface area contributed by atoms with Gasteiger partial charge in [-0.25, -0.2) is 8.42 Å². The third-order valence-electron chi connectivity index (χ3n) is 3.56. The molecule has 2 rings (SSSR count). The van der Waals surface area contributed by atoms with E-state index < -0.39 is 10.0 Å². The van der Waals surface area contributed by atoms with Gasteiger partial charge in [0.1, 0.15) is 4.90 Å². The minimum absolute atomic E-state index is 0.0118. The van der Waals surface area contributed by atoms with Crippen molar-refractivity contribution < 1.29 is 13.5 Å². The molecule has 1 aliphatic heterocycles. The van der Waals surface area contributed by atoms with E-state index in [4.69, 9.17) is 22.4 Å². The second-order valence-electron chi connectivity index (χ2n) is 4.98. The van der Waals surface area contributed by atoms with Gasteiger partial charge in [-0.15, -0.1) is 0 Å². The van der Waals surface area contributed by atoms with Gasteiger partial charge in [-0.3, -0.25) is 4.90 Å². The normalized spacial score (nSPS) is 18.6. The van der Waals surface area contributed by atoms with E-state index in [0.29, 0.717) is 32.6 Å². The van der Waals surface area contributed by atoms with E-state index in [2.05, 4.69) is 0 Å². The first kappa shape index (κ1) is 16.5. The van der Waals surface area contributed by atoms with Crippen LogP contribution >= 0.6 is 11.6 Å². The number of aliphatic hydroxyl groups is 1. The second kappa shape index (κ2) is 6.93. The van der Waals surface area contributed by atoms with E-state index in [1.807, 2.05) is 4.90 Å². The Kier molecular flexibility index (Phi) is 5.45. The average molecular weight is 334 g/mol. The lowest BCUT2D eigenvalue weighted by molar-refractivity contribution is 0.202. The number of hydrogen-bond acceptors (Lipinski definition) is 5. The van der Waals surface area contributed by atoms with Crippen LogP contribution in [0.3, 0.4) is 0 Å². The Balaban J connectivity index is 2.24. The number of halogens is 1. The first-order valence-electron chi connectivity index (χ1n) is 6.84. The number of nitrogen functional groups attached to an aromatic ring is 1. The van der Waals surface area contributed by atoms with Crippen molar-refractivity contribution in [2.45, 2.75) is 11.3 Å². The molecule has 1 aromatic rings. The van der Waals surface area contributed by atoms with Crippen LogP contribution in [0, 0.1) is 0 Å². The van der Waals surface area contributed by atoms with Crippen LogP contribution in [-0.4, -0.2) is 62.1 Å². The fourth-order valence-electron chi connectivity index (χ4n) is 2.48. The van der Waals surface area contributed by atoms with Gasteiger partial charge in [0.25, 0.3) is 0 Å². The van der Waals surface area contributed by atoms with Gasteiger partial charge < -0.3 is 10.8 Å². The fourth-order valence-corrected chi connectivity index (χ4v) is 4.58. The topological polar surface area (TPSA) is 86.9 Å². The molecule has 21 heavy (non-hydrogen) atoms. The number of sulfonamides is 1. The maximum atomic E-state index is 12.7. The summed E-state index contributed by atoms with van der Waals surface area (Å²) in [7, 11) is -3.70. The molecule has 1 heterocycles. The zero-order chi connectivity index (χ0) is 15.5. The smallest absolute Gasteiger partial charge is 0.246 e. The fraction of sp³-hybridized carbons (Fsp3) is 0.538. The van der Waals surface area contributed by atoms with Crippen LogP contribution in [0.5, 0.6) is 0 Å². The van der Waals surface area contributed by atoms with E-state index in [9.17, 15) is 8.42 Å². The number of hydrogen-bond donors (Lipinski definition) is 2. The van der Waals surface area contributed by atoms with Gasteiger partial charge in [-0.2, -0.15) is 4.31 Å². The molecule has 6 nitrogen and oxygen atoms in total. The molecule has 0 atom stereocenters. The summed E-state index contributed by atoms with van der Waals surface area (Å²) >= 11 is 6.02. The first-order valence-corrected chi connectivity index (χ1v) is 8.66. The highest BCUT2D eigenvalue weighted by Crippen LogP contribution is 2.30. The molecule has 0 saturated carbocycles. The Morgan fingerprint density at radius 1 is 1.24 bits per heavy atom. The highest BCUT2D eigenvalue weighted by molar-refractivity contribution is 7.89. The first-order chi connectivity index (χ1) is 9.96. The van der Waals surface area contributed by atoms with Crippen molar-refractivity contribution in [1.29, 1.82) is 0 Å². The molecule has 0 spiro atoms. The maximum Gasteiger partial charge on any atom is 0.246 e. The Morgan fingerprint density at radius 2 is 2.00 bits per heavy atom. The van der Waals surface area contributed by atoms with Crippen molar-refractivity contribution in [2.24, 2.45) is 0 Å². The predicted molar refractivity (Wildman–Crippen MR) is 82.8 cm³/mol. The zero-order valence-corrected chi connectivity index (χ0v) is 13.3. The molecule has 0 unspecified atom stereocenters. The number of rotatable bonds is 4. The van der Waals surface area contributed by atoms with E-state index in [-0.39, 0.29) is 22.2 Å². The van der Waals surface area contributed by atoms with Gasteiger partial charge in [-0.05, 0) is 25.1 Å². The monoisotopic (exact) mass is 333 g/mol. The van der Waals surface area contributed by atoms with Crippen molar-refractivity contribution in [3.63, 3.8) is 0 Å². The number of aliphatic hydroxyl groups excluding tert-OH is 1. The van der Waals surface area contributed by atoms with Crippen LogP contribution in [-0.2, 0) is 10.0 Å². The minimum atomic E-state index is -3.70. The molecule has 0 aromatic heterocycles. The molecule has 1 aliphatic rings. The lowest BCUT2D eigenvalue weighted by atomic mass is 10.3. The van der Waals surface area contributed by atoms with Gasteiger partial charge in [-0.1, -0.05) is 17.7 Å². The lowest BCUT2D eigenvalue weighted by Crippen LogP contribution is -2.36. The van der Waals surface area contributed by atoms with Crippen LogP contribution in [0.4, 0.5) is 5.69 Å². The number of nitrogens with zero attached hydrogens (tertiary/aromatic N) is 2. The summed E-state index contributed by atoms with van der Waals surface area (Å²) in [6, 6.07) is 4.69. The molecule has 0 radical (unpaired) electrons. The number of anilines is 1. The average Bonchev–Trinajstić information content (AvgIpc) is 2.65. The Hall–Kier alpha value is -0.860. The van der Waals surface area contributed by atoms with E-state index in [1.165, 1.54) is 16.4 Å². The van der Waals surface area contributed by atoms with Crippen molar-refractivity contribution in [3.8, 4) is 0 Å². The molecule has 0 aliphatic carbocycles. The van der Waals surface area contributed by atoms with E-state index in [1.54, 1.807) is 6.07 Å². The summed E-state index contributed by atoms with van der Waals surface area (Å²) in [4.78, 5) is 2.04. The lowest BCUT2D eigenvalue weighted by Gasteiger charge is -2.22. The van der Waals surface area contributed by atoms with E-state index in [0.717, 1.165) is 6.54 Å². The molecule has 8 heteroatoms. The molecular weight excluding hydrogens is 314 g/mol. The molecule has 0 bridgehead atoms. The van der Waals surface area contributed by atoms with Crippen molar-refractivity contribution >= 4 is 27.3 Å². The molecule has 3 N–H and O–H groups in total. The molecule has 118 valence electrons. The van der Waals surface area contributed by atoms with Gasteiger partial charge in [0, 0.05) is 26.2 Å². The summed E-state index contributed by atoms with van der Waals surface area (Å²) in [5.74, 6) is 0. The standard InChI is InChI=1S/C13H20ClN3O3S/c14-11-3-1-4-12(15)13(11)21(19,20)17-6-2-5-16(7-8-17)9-10-18/h1,3-4,18H,2,5-10,15H2. The third-order valence-corrected chi connectivity index (χ3v) is 6.00. The van der Waals surface area contributed by atoms with Crippen LogP contribution in [0.1, 0.15) is 6.42 Å². The summed E-state index contributed by atoms with van der Waals surface area (Å²) in [5, 5.41) is 9.12. The molecule has 1 aromatic carbocycles. The maximum absolute atomic E-state index is 12.7. The largest absolute Gasteiger partial charge is 0.398 e. The molecule has 1 saturated heterocycles. The molecule has 0 amide bonds. The van der Waals surface area contributed by atoms with Crippen LogP contribution in [0.25, 0.3) is 0 Å². The van der Waals surface area contributed by atoms with Crippen LogP contribution in [0.15, 0.2) is 23.1 Å². The highest BCUT2D eigenvalue weighted by atomic mass is 35.5. The number of β-amino-alcohol motifs (C(OH)–C–C–N with tert-alkyl or cyclic N) is 1. The molecule has 1 fully saturated rings. The Morgan fingerprint density at radius 3 is 2.67 bits per heavy atom. The number of benzene rings is 1. The highest BCUT2D eigenvalue weighted by Gasteiger charge is 2.30. The summed E-state index contributed by atoms with van der Waals surface area (Å²) in [6.45, 7) is 2.78. The Bertz CT molecular complexity index is 574. The van der Waals surface area contributed by atoms with Crippen LogP contribution in [0.2, 0.25) is 5.02 Å². The number of nitrogens with two attached hydrogens (primary N) is 1. The SMILES string of the molecule is Nc1cccc(Cl)c1S(=O)(=O)N1CCCN(CCO)CC1. The quantitative estimate of drug-likeness (QED) is 0.788. The van der Waals surface area contributed by atoms with Crippen LogP contribution < -0.4 is 5.73 Å². The Labute approximate surface area is 130 Å². The van der Waals surface area contributed by atoms with Crippen molar-refractivity contribution in [1.82, 2.24) is 9.21 Å². The zero-order valence-electron chi connectivity index (χ0n) is 11.7. The van der Waals surface area contributed by atoms with Gasteiger partial charge in [0.05, 0.1) is 17.3 Å². The van der Waals surface area contributed by atoms with Crippen molar-refractivity contribution in [3.05, 3.63) is 23.2 Å². The van der Waals surface area contributed by atoms with Crippen molar-refractivity contribution in [2.75, 3.05) is 45.1 Å². The second-order valence-corrected chi connectivity index (χ2v) is 7.26.